The molecule has 0 aromatic heterocycles. The summed E-state index contributed by atoms with van der Waals surface area (Å²) < 4.78 is 5.92. The highest BCUT2D eigenvalue weighted by molar-refractivity contribution is 5.69. The van der Waals surface area contributed by atoms with E-state index in [0.29, 0.717) is 19.3 Å². The third-order valence-corrected chi connectivity index (χ3v) is 9.26. The van der Waals surface area contributed by atoms with E-state index < -0.39 is 46.3 Å². The van der Waals surface area contributed by atoms with Gasteiger partial charge in [0.1, 0.15) is 11.7 Å². The second-order valence-electron chi connectivity index (χ2n) is 10.9. The molecule has 0 amide bonds. The van der Waals surface area contributed by atoms with E-state index in [0.717, 1.165) is 12.0 Å². The first-order valence-corrected chi connectivity index (χ1v) is 11.0. The van der Waals surface area contributed by atoms with E-state index in [9.17, 15) is 25.2 Å². The minimum absolute atomic E-state index is 0.0860. The zero-order valence-corrected chi connectivity index (χ0v) is 18.0. The largest absolute Gasteiger partial charge is 0.461 e. The number of aliphatic hydroxyl groups is 4. The van der Waals surface area contributed by atoms with Crippen LogP contribution in [-0.4, -0.2) is 55.9 Å². The zero-order valence-electron chi connectivity index (χ0n) is 18.0. The van der Waals surface area contributed by atoms with Crippen LogP contribution in [0.25, 0.3) is 0 Å². The molecule has 2 bridgehead atoms. The number of hydrogen-bond donors (Lipinski definition) is 4. The van der Waals surface area contributed by atoms with Crippen molar-refractivity contribution in [2.75, 3.05) is 0 Å². The molecule has 164 valence electrons. The molecule has 0 radical (unpaired) electrons. The van der Waals surface area contributed by atoms with Gasteiger partial charge in [-0.05, 0) is 44.9 Å². The van der Waals surface area contributed by atoms with Crippen LogP contribution in [-0.2, 0) is 9.53 Å². The number of rotatable bonds is 2. The molecule has 4 aliphatic rings. The zero-order chi connectivity index (χ0) is 21.6. The van der Waals surface area contributed by atoms with Crippen molar-refractivity contribution in [3.63, 3.8) is 0 Å². The number of carbonyl (C=O) groups excluding carboxylic acids is 1. The fourth-order valence-electron chi connectivity index (χ4n) is 7.62. The number of esters is 1. The van der Waals surface area contributed by atoms with Gasteiger partial charge in [0.05, 0.1) is 17.8 Å². The third kappa shape index (κ3) is 2.52. The maximum atomic E-state index is 12.3. The van der Waals surface area contributed by atoms with Gasteiger partial charge in [-0.1, -0.05) is 32.9 Å². The van der Waals surface area contributed by atoms with Crippen molar-refractivity contribution in [1.29, 1.82) is 0 Å². The molecule has 1 unspecified atom stereocenters. The Morgan fingerprint density at radius 1 is 1.14 bits per heavy atom. The molecule has 0 aromatic carbocycles. The number of carbonyl (C=O) groups is 1. The highest BCUT2D eigenvalue weighted by atomic mass is 16.5. The van der Waals surface area contributed by atoms with Crippen molar-refractivity contribution >= 4 is 5.97 Å². The molecule has 6 heteroatoms. The quantitative estimate of drug-likeness (QED) is 0.411. The van der Waals surface area contributed by atoms with Gasteiger partial charge in [0.25, 0.3) is 0 Å². The standard InChI is InChI=1S/C23H36O6/c1-6-18(26)29-19-14-8-7-13-12(2)15-9-16(24)20(3,4)23(15,28)17(25)10-22(13,19)11-21(14,5)27/h13-17,19,24-25,27-28H,2,6-11H2,1,3-5H3/t13-,14+,15-,16-,17+,19?,21+,22-,23-/m0/s1. The number of hydrogen-bond acceptors (Lipinski definition) is 6. The van der Waals surface area contributed by atoms with Gasteiger partial charge in [-0.3, -0.25) is 4.79 Å². The smallest absolute Gasteiger partial charge is 0.305 e. The van der Waals surface area contributed by atoms with Gasteiger partial charge in [0, 0.05) is 29.1 Å². The summed E-state index contributed by atoms with van der Waals surface area (Å²) in [6.07, 6.45) is 0.333. The minimum atomic E-state index is -1.52. The second-order valence-corrected chi connectivity index (χ2v) is 10.9. The van der Waals surface area contributed by atoms with Gasteiger partial charge in [-0.25, -0.2) is 0 Å². The maximum absolute atomic E-state index is 12.3. The van der Waals surface area contributed by atoms with Crippen molar-refractivity contribution in [1.82, 2.24) is 0 Å². The Morgan fingerprint density at radius 3 is 2.41 bits per heavy atom. The molecule has 0 aromatic rings. The highest BCUT2D eigenvalue weighted by Gasteiger charge is 2.73. The van der Waals surface area contributed by atoms with Gasteiger partial charge >= 0.3 is 5.97 Å². The summed E-state index contributed by atoms with van der Waals surface area (Å²) in [4.78, 5) is 12.3. The van der Waals surface area contributed by atoms with E-state index in [-0.39, 0.29) is 30.6 Å². The predicted molar refractivity (Wildman–Crippen MR) is 107 cm³/mol. The molecule has 4 aliphatic carbocycles. The van der Waals surface area contributed by atoms with Gasteiger partial charge in [0.2, 0.25) is 0 Å². The first-order chi connectivity index (χ1) is 13.3. The second kappa shape index (κ2) is 6.28. The number of aliphatic hydroxyl groups excluding tert-OH is 2. The van der Waals surface area contributed by atoms with Crippen LogP contribution in [0.15, 0.2) is 12.2 Å². The van der Waals surface area contributed by atoms with Gasteiger partial charge in [-0.15, -0.1) is 0 Å². The average molecular weight is 409 g/mol. The fourth-order valence-corrected chi connectivity index (χ4v) is 7.62. The SMILES string of the molecule is C=C1[C@@H]2CC[C@@H]3C(OC(=O)CC)[C@@]2(C[C@@H](O)[C@@]2(O)[C@H]1C[C@H](O)C2(C)C)C[C@@]3(C)O. The Labute approximate surface area is 173 Å². The molecule has 29 heavy (non-hydrogen) atoms. The van der Waals surface area contributed by atoms with E-state index in [1.54, 1.807) is 27.7 Å². The summed E-state index contributed by atoms with van der Waals surface area (Å²) in [7, 11) is 0. The highest BCUT2D eigenvalue weighted by Crippen LogP contribution is 2.69. The van der Waals surface area contributed by atoms with E-state index in [2.05, 4.69) is 6.58 Å². The van der Waals surface area contributed by atoms with Crippen LogP contribution in [0.5, 0.6) is 0 Å². The Kier molecular flexibility index (Phi) is 4.61. The summed E-state index contributed by atoms with van der Waals surface area (Å²) in [6.45, 7) is 11.5. The molecule has 0 aliphatic heterocycles. The molecule has 0 heterocycles. The molecular weight excluding hydrogens is 372 g/mol. The molecule has 4 saturated carbocycles. The lowest BCUT2D eigenvalue weighted by Gasteiger charge is -2.47. The van der Waals surface area contributed by atoms with Crippen LogP contribution in [0.3, 0.4) is 0 Å². The van der Waals surface area contributed by atoms with Crippen molar-refractivity contribution in [3.8, 4) is 0 Å². The van der Waals surface area contributed by atoms with Crippen LogP contribution >= 0.6 is 0 Å². The molecule has 1 spiro atoms. The third-order valence-electron chi connectivity index (χ3n) is 9.26. The Hall–Kier alpha value is -0.950. The van der Waals surface area contributed by atoms with E-state index >= 15 is 0 Å². The van der Waals surface area contributed by atoms with Crippen molar-refractivity contribution in [2.45, 2.75) is 95.7 Å². The van der Waals surface area contributed by atoms with Gasteiger partial charge in [-0.2, -0.15) is 0 Å². The van der Waals surface area contributed by atoms with Crippen LogP contribution in [0.2, 0.25) is 0 Å². The lowest BCUT2D eigenvalue weighted by molar-refractivity contribution is -0.182. The average Bonchev–Trinajstić information content (AvgIpc) is 2.86. The van der Waals surface area contributed by atoms with E-state index in [1.807, 2.05) is 0 Å². The topological polar surface area (TPSA) is 107 Å². The Balaban J connectivity index is 1.84. The van der Waals surface area contributed by atoms with Crippen molar-refractivity contribution in [2.24, 2.45) is 28.6 Å². The summed E-state index contributed by atoms with van der Waals surface area (Å²) in [6, 6.07) is 0. The van der Waals surface area contributed by atoms with Gasteiger partial charge in [0.15, 0.2) is 0 Å². The van der Waals surface area contributed by atoms with Crippen LogP contribution in [0.1, 0.15) is 66.2 Å². The minimum Gasteiger partial charge on any atom is -0.461 e. The van der Waals surface area contributed by atoms with Crippen molar-refractivity contribution < 1.29 is 30.0 Å². The molecular formula is C23H36O6. The molecule has 4 N–H and O–H groups in total. The molecule has 4 rings (SSSR count). The predicted octanol–water partition coefficient (Wildman–Crippen LogP) is 1.93. The molecule has 4 fully saturated rings. The fraction of sp³-hybridized carbons (Fsp3) is 0.870. The first kappa shape index (κ1) is 21.3. The van der Waals surface area contributed by atoms with Gasteiger partial charge < -0.3 is 25.2 Å². The monoisotopic (exact) mass is 408 g/mol. The number of fused-ring (bicyclic) bond motifs is 2. The lowest BCUT2D eigenvalue weighted by Crippen LogP contribution is -2.57. The lowest BCUT2D eigenvalue weighted by atomic mass is 9.61. The molecule has 9 atom stereocenters. The van der Waals surface area contributed by atoms with Crippen molar-refractivity contribution in [3.05, 3.63) is 12.2 Å². The first-order valence-electron chi connectivity index (χ1n) is 11.0. The number of ether oxygens (including phenoxy) is 1. The Bertz CT molecular complexity index is 729. The summed E-state index contributed by atoms with van der Waals surface area (Å²) in [5, 5.41) is 45.1. The normalized spacial score (nSPS) is 53.2. The van der Waals surface area contributed by atoms with Crippen LogP contribution in [0.4, 0.5) is 0 Å². The summed E-state index contributed by atoms with van der Waals surface area (Å²) in [5.74, 6) is -1.02. The summed E-state index contributed by atoms with van der Waals surface area (Å²) >= 11 is 0. The molecule has 6 nitrogen and oxygen atoms in total. The van der Waals surface area contributed by atoms with Crippen LogP contribution in [0, 0.1) is 28.6 Å². The summed E-state index contributed by atoms with van der Waals surface area (Å²) in [5.41, 5.74) is -3.26. The Morgan fingerprint density at radius 2 is 1.79 bits per heavy atom. The molecule has 0 saturated heterocycles. The van der Waals surface area contributed by atoms with E-state index in [4.69, 9.17) is 4.74 Å². The maximum Gasteiger partial charge on any atom is 0.305 e. The van der Waals surface area contributed by atoms with Crippen LogP contribution < -0.4 is 0 Å². The van der Waals surface area contributed by atoms with E-state index in [1.165, 1.54) is 0 Å².